The van der Waals surface area contributed by atoms with Gasteiger partial charge in [0.25, 0.3) is 0 Å². The summed E-state index contributed by atoms with van der Waals surface area (Å²) in [5.74, 6) is 1.12. The highest BCUT2D eigenvalue weighted by molar-refractivity contribution is 5.80. The number of halogens is 3. The lowest BCUT2D eigenvalue weighted by molar-refractivity contribution is -0.137. The second-order valence-electron chi connectivity index (χ2n) is 5.55. The van der Waals surface area contributed by atoms with E-state index in [4.69, 9.17) is 4.52 Å². The molecule has 0 aliphatic carbocycles. The summed E-state index contributed by atoms with van der Waals surface area (Å²) < 4.78 is 43.7. The molecule has 8 heteroatoms. The summed E-state index contributed by atoms with van der Waals surface area (Å²) in [5, 5.41) is 10.0. The highest BCUT2D eigenvalue weighted by atomic mass is 19.4. The molecule has 1 unspecified atom stereocenters. The minimum absolute atomic E-state index is 0.352. The van der Waals surface area contributed by atoms with E-state index >= 15 is 0 Å². The highest BCUT2D eigenvalue weighted by Crippen LogP contribution is 2.30. The number of rotatable bonds is 5. The molecule has 0 fully saturated rings. The number of aryl methyl sites for hydroxylation is 1. The first-order chi connectivity index (χ1) is 11.8. The maximum atomic E-state index is 12.8. The molecular formula is C17H21F3N4O. The van der Waals surface area contributed by atoms with Crippen molar-refractivity contribution in [3.63, 3.8) is 0 Å². The number of alkyl halides is 3. The number of hydrogen-bond donors (Lipinski definition) is 2. The van der Waals surface area contributed by atoms with Crippen LogP contribution in [0.5, 0.6) is 0 Å². The Morgan fingerprint density at radius 3 is 2.68 bits per heavy atom. The summed E-state index contributed by atoms with van der Waals surface area (Å²) >= 11 is 0. The van der Waals surface area contributed by atoms with Crippen molar-refractivity contribution in [1.82, 2.24) is 15.8 Å². The molecule has 1 aromatic heterocycles. The van der Waals surface area contributed by atoms with Crippen molar-refractivity contribution < 1.29 is 17.7 Å². The van der Waals surface area contributed by atoms with Crippen LogP contribution in [0.4, 0.5) is 13.2 Å². The molecule has 5 nitrogen and oxygen atoms in total. The third-order valence-electron chi connectivity index (χ3n) is 3.69. The molecular weight excluding hydrogens is 333 g/mol. The summed E-state index contributed by atoms with van der Waals surface area (Å²) in [5.41, 5.74) is 0.707. The van der Waals surface area contributed by atoms with Crippen LogP contribution in [0, 0.1) is 0 Å². The zero-order valence-electron chi connectivity index (χ0n) is 14.3. The topological polar surface area (TPSA) is 62.5 Å². The molecule has 136 valence electrons. The van der Waals surface area contributed by atoms with Crippen molar-refractivity contribution in [2.24, 2.45) is 4.99 Å². The van der Waals surface area contributed by atoms with E-state index in [1.165, 1.54) is 6.07 Å². The zero-order valence-corrected chi connectivity index (χ0v) is 14.3. The van der Waals surface area contributed by atoms with Gasteiger partial charge in [0, 0.05) is 13.1 Å². The van der Waals surface area contributed by atoms with Gasteiger partial charge < -0.3 is 15.2 Å². The van der Waals surface area contributed by atoms with E-state index in [0.717, 1.165) is 24.2 Å². The van der Waals surface area contributed by atoms with Gasteiger partial charge in [0.1, 0.15) is 0 Å². The minimum Gasteiger partial charge on any atom is -0.359 e. The second-order valence-corrected chi connectivity index (χ2v) is 5.55. The number of benzene rings is 1. The average molecular weight is 354 g/mol. The Kier molecular flexibility index (Phi) is 6.06. The lowest BCUT2D eigenvalue weighted by Gasteiger charge is -2.19. The smallest absolute Gasteiger partial charge is 0.359 e. The summed E-state index contributed by atoms with van der Waals surface area (Å²) in [6.45, 7) is 4.13. The summed E-state index contributed by atoms with van der Waals surface area (Å²) in [6, 6.07) is 6.72. The van der Waals surface area contributed by atoms with Crippen molar-refractivity contribution in [2.75, 3.05) is 7.05 Å². The molecule has 0 aliphatic rings. The first kappa shape index (κ1) is 18.8. The standard InChI is InChI=1S/C17H21F3N4O/c1-4-14-9-15(25-24-14)10-22-16(21-3)23-11(2)12-6-5-7-13(8-12)17(18,19)20/h5-9,11H,4,10H2,1-3H3,(H2,21,22,23). The van der Waals surface area contributed by atoms with Crippen molar-refractivity contribution in [3.05, 3.63) is 52.9 Å². The molecule has 25 heavy (non-hydrogen) atoms. The Labute approximate surface area is 144 Å². The van der Waals surface area contributed by atoms with Crippen LogP contribution >= 0.6 is 0 Å². The van der Waals surface area contributed by atoms with Gasteiger partial charge in [-0.05, 0) is 31.0 Å². The molecule has 1 aromatic carbocycles. The Bertz CT molecular complexity index is 725. The minimum atomic E-state index is -4.36. The van der Waals surface area contributed by atoms with Gasteiger partial charge >= 0.3 is 6.18 Å². The molecule has 1 atom stereocenters. The van der Waals surface area contributed by atoms with E-state index in [-0.39, 0.29) is 6.04 Å². The first-order valence-corrected chi connectivity index (χ1v) is 7.92. The van der Waals surface area contributed by atoms with E-state index in [1.54, 1.807) is 20.0 Å². The average Bonchev–Trinajstić information content (AvgIpc) is 3.05. The first-order valence-electron chi connectivity index (χ1n) is 7.92. The Hall–Kier alpha value is -2.51. The molecule has 0 saturated heterocycles. The van der Waals surface area contributed by atoms with Gasteiger partial charge in [-0.2, -0.15) is 13.2 Å². The molecule has 0 aliphatic heterocycles. The summed E-state index contributed by atoms with van der Waals surface area (Å²) in [7, 11) is 1.59. The van der Waals surface area contributed by atoms with E-state index in [1.807, 2.05) is 13.0 Å². The van der Waals surface area contributed by atoms with E-state index < -0.39 is 11.7 Å². The highest BCUT2D eigenvalue weighted by Gasteiger charge is 2.30. The van der Waals surface area contributed by atoms with Crippen molar-refractivity contribution in [1.29, 1.82) is 0 Å². The maximum Gasteiger partial charge on any atom is 0.416 e. The van der Waals surface area contributed by atoms with E-state index in [2.05, 4.69) is 20.8 Å². The van der Waals surface area contributed by atoms with Crippen LogP contribution in [-0.4, -0.2) is 18.2 Å². The van der Waals surface area contributed by atoms with Gasteiger partial charge in [-0.3, -0.25) is 4.99 Å². The quantitative estimate of drug-likeness (QED) is 0.635. The normalized spacial score (nSPS) is 13.6. The third kappa shape index (κ3) is 5.23. The number of nitrogens with zero attached hydrogens (tertiary/aromatic N) is 2. The number of aliphatic imine (C=N–C) groups is 1. The molecule has 0 bridgehead atoms. The molecule has 2 aromatic rings. The molecule has 0 saturated carbocycles. The lowest BCUT2D eigenvalue weighted by Crippen LogP contribution is -2.38. The van der Waals surface area contributed by atoms with Crippen LogP contribution in [-0.2, 0) is 19.1 Å². The number of guanidine groups is 1. The van der Waals surface area contributed by atoms with Gasteiger partial charge in [0.2, 0.25) is 0 Å². The molecule has 0 amide bonds. The Balaban J connectivity index is 1.98. The van der Waals surface area contributed by atoms with Crippen molar-refractivity contribution in [2.45, 2.75) is 39.0 Å². The Morgan fingerprint density at radius 2 is 2.08 bits per heavy atom. The monoisotopic (exact) mass is 354 g/mol. The number of nitrogens with one attached hydrogen (secondary N) is 2. The molecule has 1 heterocycles. The van der Waals surface area contributed by atoms with Crippen LogP contribution in [0.3, 0.4) is 0 Å². The van der Waals surface area contributed by atoms with Crippen LogP contribution in [0.15, 0.2) is 39.8 Å². The van der Waals surface area contributed by atoms with E-state index in [0.29, 0.717) is 23.8 Å². The van der Waals surface area contributed by atoms with Gasteiger partial charge in [0.15, 0.2) is 11.7 Å². The predicted octanol–water partition coefficient (Wildman–Crippen LogP) is 3.68. The SMILES string of the molecule is CCc1cc(CNC(=NC)NC(C)c2cccc(C(F)(F)F)c2)on1. The maximum absolute atomic E-state index is 12.8. The number of aromatic nitrogens is 1. The zero-order chi connectivity index (χ0) is 18.4. The molecule has 2 N–H and O–H groups in total. The predicted molar refractivity (Wildman–Crippen MR) is 89.1 cm³/mol. The van der Waals surface area contributed by atoms with Crippen LogP contribution in [0.25, 0.3) is 0 Å². The molecule has 0 spiro atoms. The summed E-state index contributed by atoms with van der Waals surface area (Å²) in [6.07, 6.45) is -3.58. The summed E-state index contributed by atoms with van der Waals surface area (Å²) in [4.78, 5) is 4.08. The fourth-order valence-electron chi connectivity index (χ4n) is 2.24. The largest absolute Gasteiger partial charge is 0.416 e. The fraction of sp³-hybridized carbons (Fsp3) is 0.412. The van der Waals surface area contributed by atoms with Gasteiger partial charge in [-0.25, -0.2) is 0 Å². The van der Waals surface area contributed by atoms with E-state index in [9.17, 15) is 13.2 Å². The molecule has 2 rings (SSSR count). The van der Waals surface area contributed by atoms with Gasteiger partial charge in [-0.15, -0.1) is 0 Å². The third-order valence-corrected chi connectivity index (χ3v) is 3.69. The number of hydrogen-bond acceptors (Lipinski definition) is 3. The second kappa shape index (κ2) is 8.04. The molecule has 0 radical (unpaired) electrons. The van der Waals surface area contributed by atoms with Crippen molar-refractivity contribution >= 4 is 5.96 Å². The van der Waals surface area contributed by atoms with Crippen LogP contribution < -0.4 is 10.6 Å². The van der Waals surface area contributed by atoms with Gasteiger partial charge in [0.05, 0.1) is 23.8 Å². The lowest BCUT2D eigenvalue weighted by atomic mass is 10.1. The van der Waals surface area contributed by atoms with Crippen LogP contribution in [0.2, 0.25) is 0 Å². The van der Waals surface area contributed by atoms with Crippen molar-refractivity contribution in [3.8, 4) is 0 Å². The van der Waals surface area contributed by atoms with Gasteiger partial charge in [-0.1, -0.05) is 24.2 Å². The van der Waals surface area contributed by atoms with Crippen LogP contribution in [0.1, 0.15) is 42.5 Å². The Morgan fingerprint density at radius 1 is 1.32 bits per heavy atom. The fourth-order valence-corrected chi connectivity index (χ4v) is 2.24.